The molecule has 3 aromatic rings. The van der Waals surface area contributed by atoms with Crippen LogP contribution in [0, 0.1) is 0 Å². The number of nitrogens with zero attached hydrogens (tertiary/aromatic N) is 3. The van der Waals surface area contributed by atoms with Gasteiger partial charge in [0.1, 0.15) is 10.7 Å². The molecule has 0 radical (unpaired) electrons. The Morgan fingerprint density at radius 3 is 2.94 bits per heavy atom. The Bertz CT molecular complexity index is 691. The van der Waals surface area contributed by atoms with Crippen molar-refractivity contribution in [3.05, 3.63) is 29.1 Å². The molecule has 0 aliphatic carbocycles. The Kier molecular flexibility index (Phi) is 2.34. The fraction of sp³-hybridized carbons (Fsp3) is 0. The maximum Gasteiger partial charge on any atom is 0.335 e. The van der Waals surface area contributed by atoms with Crippen molar-refractivity contribution >= 4 is 39.1 Å². The first kappa shape index (κ1) is 10.3. The summed E-state index contributed by atoms with van der Waals surface area (Å²) in [5.74, 6) is -0.933. The molecule has 2 heterocycles. The van der Waals surface area contributed by atoms with Gasteiger partial charge in [0.2, 0.25) is 0 Å². The number of thiazole rings is 1. The molecule has 0 bridgehead atoms. The van der Waals surface area contributed by atoms with E-state index >= 15 is 0 Å². The van der Waals surface area contributed by atoms with Gasteiger partial charge in [-0.25, -0.2) is 9.78 Å². The summed E-state index contributed by atoms with van der Waals surface area (Å²) in [6, 6.07) is 4.88. The van der Waals surface area contributed by atoms with Crippen LogP contribution < -0.4 is 0 Å². The number of aromatic nitrogens is 3. The normalized spacial score (nSPS) is 10.8. The van der Waals surface area contributed by atoms with Crippen LogP contribution in [0.2, 0.25) is 0 Å². The fourth-order valence-electron chi connectivity index (χ4n) is 1.43. The molecule has 5 nitrogen and oxygen atoms in total. The second-order valence-electron chi connectivity index (χ2n) is 3.30. The van der Waals surface area contributed by atoms with Crippen LogP contribution in [0.15, 0.2) is 23.6 Å². The van der Waals surface area contributed by atoms with E-state index in [4.69, 9.17) is 5.11 Å². The number of carboxylic acid groups (broad SMARTS) is 1. The lowest BCUT2D eigenvalue weighted by Crippen LogP contribution is -1.94. The molecule has 1 aromatic carbocycles. The monoisotopic (exact) mass is 263 g/mol. The summed E-state index contributed by atoms with van der Waals surface area (Å²) in [6.45, 7) is 0. The quantitative estimate of drug-likeness (QED) is 0.768. The third kappa shape index (κ3) is 1.79. The topological polar surface area (TPSA) is 76.0 Å². The molecule has 0 fully saturated rings. The molecule has 0 saturated heterocycles. The molecule has 84 valence electrons. The zero-order valence-electron chi connectivity index (χ0n) is 8.32. The molecule has 1 N–H and O–H groups in total. The number of aromatic carboxylic acids is 1. The molecule has 0 spiro atoms. The maximum atomic E-state index is 10.8. The summed E-state index contributed by atoms with van der Waals surface area (Å²) in [5, 5.41) is 15.4. The van der Waals surface area contributed by atoms with E-state index in [2.05, 4.69) is 14.6 Å². The summed E-state index contributed by atoms with van der Waals surface area (Å²) in [4.78, 5) is 15.2. The Balaban J connectivity index is 2.16. The molecule has 0 unspecified atom stereocenters. The lowest BCUT2D eigenvalue weighted by molar-refractivity contribution is 0.0697. The summed E-state index contributed by atoms with van der Waals surface area (Å²) < 4.78 is 4.62. The number of benzene rings is 1. The molecular weight excluding hydrogens is 258 g/mol. The van der Waals surface area contributed by atoms with Gasteiger partial charge in [-0.05, 0) is 29.7 Å². The summed E-state index contributed by atoms with van der Waals surface area (Å²) in [5.41, 5.74) is 1.78. The second kappa shape index (κ2) is 3.86. The van der Waals surface area contributed by atoms with Crippen molar-refractivity contribution in [2.45, 2.75) is 0 Å². The molecule has 7 heteroatoms. The first-order valence-electron chi connectivity index (χ1n) is 4.65. The van der Waals surface area contributed by atoms with Gasteiger partial charge in [0.05, 0.1) is 15.8 Å². The molecule has 0 amide bonds. The van der Waals surface area contributed by atoms with Gasteiger partial charge in [-0.2, -0.15) is 0 Å². The minimum Gasteiger partial charge on any atom is -0.478 e. The number of rotatable bonds is 2. The standard InChI is InChI=1S/C10H5N3O2S2/c14-10(15)5-1-2-6-8(3-5)17-9(11-6)7-4-16-13-12-7/h1-4H,(H,14,15). The molecule has 2 aromatic heterocycles. The second-order valence-corrected chi connectivity index (χ2v) is 4.94. The number of fused-ring (bicyclic) bond motifs is 1. The molecule has 17 heavy (non-hydrogen) atoms. The van der Waals surface area contributed by atoms with Gasteiger partial charge in [-0.15, -0.1) is 16.4 Å². The van der Waals surface area contributed by atoms with E-state index in [1.807, 2.05) is 5.38 Å². The predicted molar refractivity (Wildman–Crippen MR) is 65.5 cm³/mol. The van der Waals surface area contributed by atoms with Gasteiger partial charge in [-0.1, -0.05) is 4.49 Å². The van der Waals surface area contributed by atoms with Gasteiger partial charge in [-0.3, -0.25) is 0 Å². The van der Waals surface area contributed by atoms with Gasteiger partial charge >= 0.3 is 5.97 Å². The predicted octanol–water partition coefficient (Wildman–Crippen LogP) is 2.51. The molecule has 0 saturated carbocycles. The van der Waals surface area contributed by atoms with Gasteiger partial charge in [0.25, 0.3) is 0 Å². The van der Waals surface area contributed by atoms with Crippen LogP contribution in [-0.2, 0) is 0 Å². The summed E-state index contributed by atoms with van der Waals surface area (Å²) >= 11 is 2.68. The molecule has 0 aliphatic rings. The highest BCUT2D eigenvalue weighted by molar-refractivity contribution is 7.21. The minimum atomic E-state index is -0.933. The van der Waals surface area contributed by atoms with Crippen LogP contribution in [0.3, 0.4) is 0 Å². The van der Waals surface area contributed by atoms with E-state index in [1.54, 1.807) is 18.2 Å². The fourth-order valence-corrected chi connectivity index (χ4v) is 2.90. The van der Waals surface area contributed by atoms with Crippen molar-refractivity contribution in [2.24, 2.45) is 0 Å². The number of carboxylic acids is 1. The van der Waals surface area contributed by atoms with Crippen LogP contribution in [0.25, 0.3) is 20.9 Å². The summed E-state index contributed by atoms with van der Waals surface area (Å²) in [6.07, 6.45) is 0. The maximum absolute atomic E-state index is 10.8. The van der Waals surface area contributed by atoms with Crippen LogP contribution >= 0.6 is 22.9 Å². The van der Waals surface area contributed by atoms with Crippen molar-refractivity contribution < 1.29 is 9.90 Å². The van der Waals surface area contributed by atoms with Gasteiger partial charge in [0, 0.05) is 5.38 Å². The Morgan fingerprint density at radius 2 is 2.24 bits per heavy atom. The van der Waals surface area contributed by atoms with Crippen molar-refractivity contribution in [3.63, 3.8) is 0 Å². The van der Waals surface area contributed by atoms with Crippen molar-refractivity contribution in [2.75, 3.05) is 0 Å². The van der Waals surface area contributed by atoms with Gasteiger partial charge < -0.3 is 5.11 Å². The van der Waals surface area contributed by atoms with Crippen molar-refractivity contribution in [1.82, 2.24) is 14.6 Å². The van der Waals surface area contributed by atoms with E-state index in [0.29, 0.717) is 0 Å². The molecule has 0 atom stereocenters. The van der Waals surface area contributed by atoms with Crippen LogP contribution in [-0.4, -0.2) is 25.6 Å². The van der Waals surface area contributed by atoms with E-state index in [1.165, 1.54) is 22.9 Å². The van der Waals surface area contributed by atoms with Crippen LogP contribution in [0.5, 0.6) is 0 Å². The SMILES string of the molecule is O=C(O)c1ccc2nc(-c3csnn3)sc2c1. The number of hydrogen-bond donors (Lipinski definition) is 1. The lowest BCUT2D eigenvalue weighted by Gasteiger charge is -1.91. The Labute approximate surface area is 104 Å². The molecular formula is C10H5N3O2S2. The van der Waals surface area contributed by atoms with Crippen LogP contribution in [0.4, 0.5) is 0 Å². The van der Waals surface area contributed by atoms with E-state index in [0.717, 1.165) is 20.9 Å². The Morgan fingerprint density at radius 1 is 1.35 bits per heavy atom. The average molecular weight is 263 g/mol. The van der Waals surface area contributed by atoms with Crippen LogP contribution in [0.1, 0.15) is 10.4 Å². The number of carbonyl (C=O) groups is 1. The smallest absolute Gasteiger partial charge is 0.335 e. The largest absolute Gasteiger partial charge is 0.478 e. The Hall–Kier alpha value is -1.86. The molecule has 3 rings (SSSR count). The summed E-state index contributed by atoms with van der Waals surface area (Å²) in [7, 11) is 0. The average Bonchev–Trinajstić information content (AvgIpc) is 2.96. The lowest BCUT2D eigenvalue weighted by atomic mass is 10.2. The van der Waals surface area contributed by atoms with E-state index < -0.39 is 5.97 Å². The minimum absolute atomic E-state index is 0.268. The first-order valence-corrected chi connectivity index (χ1v) is 6.30. The zero-order valence-corrected chi connectivity index (χ0v) is 9.96. The first-order chi connectivity index (χ1) is 8.24. The molecule has 0 aliphatic heterocycles. The third-order valence-corrected chi connectivity index (χ3v) is 3.76. The zero-order chi connectivity index (χ0) is 11.8. The van der Waals surface area contributed by atoms with Crippen molar-refractivity contribution in [1.29, 1.82) is 0 Å². The van der Waals surface area contributed by atoms with Gasteiger partial charge in [0.15, 0.2) is 0 Å². The van der Waals surface area contributed by atoms with E-state index in [9.17, 15) is 4.79 Å². The van der Waals surface area contributed by atoms with Crippen molar-refractivity contribution in [3.8, 4) is 10.7 Å². The highest BCUT2D eigenvalue weighted by atomic mass is 32.1. The van der Waals surface area contributed by atoms with E-state index in [-0.39, 0.29) is 5.56 Å². The third-order valence-electron chi connectivity index (χ3n) is 2.21. The highest BCUT2D eigenvalue weighted by Gasteiger charge is 2.10. The highest BCUT2D eigenvalue weighted by Crippen LogP contribution is 2.29. The number of hydrogen-bond acceptors (Lipinski definition) is 6.